The molecule has 0 aliphatic heterocycles. The summed E-state index contributed by atoms with van der Waals surface area (Å²) < 4.78 is 0. The number of aromatic nitrogens is 1. The van der Waals surface area contributed by atoms with Crippen molar-refractivity contribution in [1.29, 1.82) is 0 Å². The third kappa shape index (κ3) is 1.81. The molecule has 1 heterocycles. The van der Waals surface area contributed by atoms with Crippen LogP contribution >= 0.6 is 37.9 Å². The van der Waals surface area contributed by atoms with E-state index in [9.17, 15) is 0 Å². The number of nitrogens with zero attached hydrogens (tertiary/aromatic N) is 1. The first-order valence-corrected chi connectivity index (χ1v) is 3.61. The van der Waals surface area contributed by atoms with Crippen molar-refractivity contribution >= 4 is 37.9 Å². The van der Waals surface area contributed by atoms with E-state index in [-0.39, 0.29) is 0 Å². The summed E-state index contributed by atoms with van der Waals surface area (Å²) in [6, 6.07) is 1.79. The van der Waals surface area contributed by atoms with Crippen LogP contribution in [0.2, 0.25) is 0 Å². The smallest absolute Gasteiger partial charge is 0.106 e. The second-order valence-electron chi connectivity index (χ2n) is 1.54. The summed E-state index contributed by atoms with van der Waals surface area (Å²) in [5, 5.41) is 0.635. The molecule has 0 atom stereocenters. The van der Waals surface area contributed by atoms with Gasteiger partial charge in [-0.3, -0.25) is 0 Å². The van der Waals surface area contributed by atoms with Gasteiger partial charge in [-0.2, -0.15) is 0 Å². The summed E-state index contributed by atoms with van der Waals surface area (Å²) in [6.45, 7) is 0. The minimum Gasteiger partial charge on any atom is -0.248 e. The summed E-state index contributed by atoms with van der Waals surface area (Å²) in [6.07, 6.45) is 1.63. The monoisotopic (exact) mass is 175 g/mol. The Hall–Kier alpha value is 0.200. The number of hydrogen-bond acceptors (Lipinski definition) is 4. The highest BCUT2D eigenvalue weighted by Crippen LogP contribution is 2.17. The van der Waals surface area contributed by atoms with Crippen molar-refractivity contribution in [1.82, 2.24) is 4.98 Å². The van der Waals surface area contributed by atoms with E-state index in [1.54, 1.807) is 12.3 Å². The van der Waals surface area contributed by atoms with E-state index in [2.05, 4.69) is 42.9 Å². The van der Waals surface area contributed by atoms with E-state index in [1.165, 1.54) is 0 Å². The molecular formula is C5H5NS3. The number of rotatable bonds is 0. The van der Waals surface area contributed by atoms with Crippen LogP contribution in [0, 0.1) is 0 Å². The van der Waals surface area contributed by atoms with E-state index < -0.39 is 0 Å². The molecule has 0 N–H and O–H groups in total. The van der Waals surface area contributed by atoms with Crippen molar-refractivity contribution in [2.24, 2.45) is 0 Å². The van der Waals surface area contributed by atoms with E-state index in [0.717, 1.165) is 9.79 Å². The fraction of sp³-hybridized carbons (Fsp3) is 0. The highest BCUT2D eigenvalue weighted by molar-refractivity contribution is 7.83. The van der Waals surface area contributed by atoms with Crippen molar-refractivity contribution in [3.63, 3.8) is 0 Å². The molecule has 0 unspecified atom stereocenters. The van der Waals surface area contributed by atoms with Crippen LogP contribution in [0.15, 0.2) is 27.1 Å². The zero-order chi connectivity index (χ0) is 6.85. The molecule has 0 saturated heterocycles. The van der Waals surface area contributed by atoms with Crippen LogP contribution in [-0.4, -0.2) is 4.98 Å². The van der Waals surface area contributed by atoms with Crippen molar-refractivity contribution in [3.8, 4) is 0 Å². The zero-order valence-corrected chi connectivity index (χ0v) is 7.13. The van der Waals surface area contributed by atoms with Gasteiger partial charge < -0.3 is 0 Å². The highest BCUT2D eigenvalue weighted by Gasteiger charge is 1.93. The first kappa shape index (κ1) is 7.31. The van der Waals surface area contributed by atoms with Gasteiger partial charge in [0.25, 0.3) is 0 Å². The Balaban J connectivity index is 3.17. The molecular weight excluding hydrogens is 170 g/mol. The van der Waals surface area contributed by atoms with E-state index >= 15 is 0 Å². The lowest BCUT2D eigenvalue weighted by Gasteiger charge is -1.95. The van der Waals surface area contributed by atoms with Gasteiger partial charge in [0, 0.05) is 16.0 Å². The molecule has 1 nitrogen and oxygen atoms in total. The molecule has 0 spiro atoms. The predicted molar refractivity (Wildman–Crippen MR) is 46.0 cm³/mol. The molecule has 9 heavy (non-hydrogen) atoms. The fourth-order valence-electron chi connectivity index (χ4n) is 0.435. The minimum absolute atomic E-state index is 0.635. The Morgan fingerprint density at radius 1 is 1.22 bits per heavy atom. The Labute approximate surface area is 70.1 Å². The van der Waals surface area contributed by atoms with Crippen molar-refractivity contribution < 1.29 is 0 Å². The molecule has 0 radical (unpaired) electrons. The van der Waals surface area contributed by atoms with Crippen molar-refractivity contribution in [3.05, 3.63) is 12.3 Å². The number of pyridine rings is 1. The second kappa shape index (κ2) is 2.86. The Morgan fingerprint density at radius 3 is 2.33 bits per heavy atom. The molecule has 0 aromatic carbocycles. The van der Waals surface area contributed by atoms with Gasteiger partial charge in [-0.05, 0) is 6.07 Å². The van der Waals surface area contributed by atoms with Gasteiger partial charge in [0.05, 0.1) is 0 Å². The molecule has 1 aromatic rings. The molecule has 0 saturated carbocycles. The lowest BCUT2D eigenvalue weighted by atomic mass is 10.5. The maximum Gasteiger partial charge on any atom is 0.106 e. The van der Waals surface area contributed by atoms with E-state index in [4.69, 9.17) is 0 Å². The van der Waals surface area contributed by atoms with Gasteiger partial charge in [-0.15, -0.1) is 37.9 Å². The van der Waals surface area contributed by atoms with Gasteiger partial charge in [-0.25, -0.2) is 4.98 Å². The molecule has 0 aliphatic carbocycles. The first-order chi connectivity index (χ1) is 4.20. The summed E-state index contributed by atoms with van der Waals surface area (Å²) in [4.78, 5) is 5.45. The molecule has 0 bridgehead atoms. The van der Waals surface area contributed by atoms with Crippen LogP contribution < -0.4 is 0 Å². The summed E-state index contributed by atoms with van der Waals surface area (Å²) in [5.74, 6) is 0. The normalized spacial score (nSPS) is 9.67. The maximum absolute atomic E-state index is 4.08. The maximum atomic E-state index is 4.08. The number of hydrogen-bond donors (Lipinski definition) is 3. The quantitative estimate of drug-likeness (QED) is 0.512. The Morgan fingerprint density at radius 2 is 1.89 bits per heavy atom. The second-order valence-corrected chi connectivity index (χ2v) is 2.96. The van der Waals surface area contributed by atoms with Crippen LogP contribution in [0.5, 0.6) is 0 Å². The van der Waals surface area contributed by atoms with Gasteiger partial charge in [0.15, 0.2) is 0 Å². The van der Waals surface area contributed by atoms with Crippen molar-refractivity contribution in [2.45, 2.75) is 14.8 Å². The fourth-order valence-corrected chi connectivity index (χ4v) is 1.04. The van der Waals surface area contributed by atoms with Gasteiger partial charge in [0.1, 0.15) is 5.03 Å². The highest BCUT2D eigenvalue weighted by atomic mass is 32.1. The average molecular weight is 175 g/mol. The van der Waals surface area contributed by atoms with Crippen LogP contribution in [0.3, 0.4) is 0 Å². The summed E-state index contributed by atoms with van der Waals surface area (Å²) in [5.41, 5.74) is 0. The summed E-state index contributed by atoms with van der Waals surface area (Å²) in [7, 11) is 0. The Kier molecular flexibility index (Phi) is 2.32. The zero-order valence-electron chi connectivity index (χ0n) is 4.44. The van der Waals surface area contributed by atoms with Crippen LogP contribution in [0.4, 0.5) is 0 Å². The van der Waals surface area contributed by atoms with Crippen LogP contribution in [-0.2, 0) is 0 Å². The van der Waals surface area contributed by atoms with Crippen LogP contribution in [0.1, 0.15) is 0 Å². The Bertz CT molecular complexity index is 223. The third-order valence-electron chi connectivity index (χ3n) is 0.833. The molecule has 0 amide bonds. The van der Waals surface area contributed by atoms with Crippen molar-refractivity contribution in [2.75, 3.05) is 0 Å². The molecule has 0 aliphatic rings. The lowest BCUT2D eigenvalue weighted by Crippen LogP contribution is -1.77. The average Bonchev–Trinajstić information content (AvgIpc) is 1.80. The topological polar surface area (TPSA) is 12.9 Å². The van der Waals surface area contributed by atoms with Gasteiger partial charge in [-0.1, -0.05) is 0 Å². The molecule has 1 rings (SSSR count). The third-order valence-corrected chi connectivity index (χ3v) is 1.95. The van der Waals surface area contributed by atoms with Gasteiger partial charge >= 0.3 is 0 Å². The van der Waals surface area contributed by atoms with E-state index in [0.29, 0.717) is 5.03 Å². The van der Waals surface area contributed by atoms with Gasteiger partial charge in [0.2, 0.25) is 0 Å². The lowest BCUT2D eigenvalue weighted by molar-refractivity contribution is 1.01. The molecule has 1 aromatic heterocycles. The minimum atomic E-state index is 0.635. The standard InChI is InChI=1S/C5H5NS3/c7-3-1-4(8)5(9)6-2-3/h1-2,7-8H,(H,6,9). The predicted octanol–water partition coefficient (Wildman–Crippen LogP) is 1.95. The number of thiol groups is 3. The molecule has 4 heteroatoms. The first-order valence-electron chi connectivity index (χ1n) is 2.27. The molecule has 0 fully saturated rings. The SMILES string of the molecule is Sc1cnc(S)c(S)c1. The summed E-state index contributed by atoms with van der Waals surface area (Å²) >= 11 is 12.2. The van der Waals surface area contributed by atoms with Crippen LogP contribution in [0.25, 0.3) is 0 Å². The molecule has 48 valence electrons. The van der Waals surface area contributed by atoms with E-state index in [1.807, 2.05) is 0 Å². The largest absolute Gasteiger partial charge is 0.248 e.